The zero-order valence-corrected chi connectivity index (χ0v) is 14.1. The van der Waals surface area contributed by atoms with Gasteiger partial charge in [-0.2, -0.15) is 9.40 Å². The van der Waals surface area contributed by atoms with E-state index < -0.39 is 10.0 Å². The molecule has 1 heterocycles. The number of aromatic amines is 1. The zero-order valence-electron chi connectivity index (χ0n) is 13.3. The van der Waals surface area contributed by atoms with Gasteiger partial charge in [0, 0.05) is 30.4 Å². The van der Waals surface area contributed by atoms with E-state index in [0.717, 1.165) is 30.6 Å². The van der Waals surface area contributed by atoms with Crippen molar-refractivity contribution in [2.75, 3.05) is 13.1 Å². The van der Waals surface area contributed by atoms with Crippen molar-refractivity contribution in [1.29, 1.82) is 0 Å². The maximum atomic E-state index is 13.0. The number of hydrogen-bond donors (Lipinski definition) is 2. The quantitative estimate of drug-likeness (QED) is 0.764. The summed E-state index contributed by atoms with van der Waals surface area (Å²) < 4.78 is 27.5. The van der Waals surface area contributed by atoms with Gasteiger partial charge in [-0.15, -0.1) is 0 Å². The molecule has 0 unspecified atom stereocenters. The number of aromatic nitrogens is 2. The fourth-order valence-electron chi connectivity index (χ4n) is 2.35. The average Bonchev–Trinajstić information content (AvgIpc) is 3.15. The van der Waals surface area contributed by atoms with E-state index in [1.807, 2.05) is 27.7 Å². The van der Waals surface area contributed by atoms with Crippen LogP contribution in [0.2, 0.25) is 0 Å². The topological polar surface area (TPSA) is 78.1 Å². The summed E-state index contributed by atoms with van der Waals surface area (Å²) in [5.74, 6) is 0.513. The van der Waals surface area contributed by atoms with Gasteiger partial charge in [0.25, 0.3) is 10.0 Å². The van der Waals surface area contributed by atoms with Gasteiger partial charge in [-0.25, -0.2) is 8.42 Å². The lowest BCUT2D eigenvalue weighted by Crippen LogP contribution is -2.39. The van der Waals surface area contributed by atoms with E-state index in [9.17, 15) is 8.42 Å². The highest BCUT2D eigenvalue weighted by Gasteiger charge is 2.36. The third kappa shape index (κ3) is 3.64. The minimum absolute atomic E-state index is 0.0559. The van der Waals surface area contributed by atoms with E-state index in [1.165, 1.54) is 0 Å². The molecule has 0 saturated heterocycles. The van der Waals surface area contributed by atoms with Crippen LogP contribution in [0.1, 0.15) is 44.9 Å². The van der Waals surface area contributed by atoms with E-state index in [0.29, 0.717) is 19.0 Å². The van der Waals surface area contributed by atoms with Crippen LogP contribution in [0.25, 0.3) is 0 Å². The molecule has 2 rings (SSSR count). The Labute approximate surface area is 127 Å². The Morgan fingerprint density at radius 2 is 2.10 bits per heavy atom. The number of rotatable bonds is 8. The van der Waals surface area contributed by atoms with Gasteiger partial charge in [-0.05, 0) is 46.1 Å². The lowest BCUT2D eigenvalue weighted by atomic mass is 10.2. The fourth-order valence-corrected chi connectivity index (χ4v) is 4.24. The van der Waals surface area contributed by atoms with Crippen molar-refractivity contribution in [1.82, 2.24) is 19.8 Å². The molecule has 1 fully saturated rings. The van der Waals surface area contributed by atoms with Crippen LogP contribution in [-0.4, -0.2) is 42.1 Å². The molecule has 1 saturated carbocycles. The molecule has 0 atom stereocenters. The van der Waals surface area contributed by atoms with Gasteiger partial charge in [0.2, 0.25) is 0 Å². The molecule has 1 aromatic rings. The van der Waals surface area contributed by atoms with E-state index in [2.05, 4.69) is 15.5 Å². The van der Waals surface area contributed by atoms with Crippen molar-refractivity contribution in [3.8, 4) is 0 Å². The lowest BCUT2D eigenvalue weighted by Gasteiger charge is -2.25. The first-order valence-electron chi connectivity index (χ1n) is 7.64. The summed E-state index contributed by atoms with van der Waals surface area (Å²) >= 11 is 0. The van der Waals surface area contributed by atoms with Crippen molar-refractivity contribution in [3.05, 3.63) is 11.3 Å². The van der Waals surface area contributed by atoms with Crippen LogP contribution in [0.15, 0.2) is 5.03 Å². The van der Waals surface area contributed by atoms with Crippen LogP contribution in [0.4, 0.5) is 0 Å². The number of H-pyrrole nitrogens is 1. The van der Waals surface area contributed by atoms with Crippen molar-refractivity contribution in [2.24, 2.45) is 5.92 Å². The minimum atomic E-state index is -3.54. The number of sulfonamides is 1. The van der Waals surface area contributed by atoms with Crippen LogP contribution in [-0.2, 0) is 16.6 Å². The predicted molar refractivity (Wildman–Crippen MR) is 82.5 cm³/mol. The number of nitrogens with zero attached hydrogens (tertiary/aromatic N) is 2. The third-order valence-corrected chi connectivity index (χ3v) is 5.87. The van der Waals surface area contributed by atoms with Crippen LogP contribution in [0.5, 0.6) is 0 Å². The third-order valence-electron chi connectivity index (χ3n) is 3.85. The SMILES string of the molecule is CCNCc1c(S(=O)(=O)N(CC2CC2)C(C)C)n[nH]c1C. The van der Waals surface area contributed by atoms with E-state index in [-0.39, 0.29) is 11.1 Å². The molecule has 0 radical (unpaired) electrons. The molecule has 0 spiro atoms. The standard InChI is InChI=1S/C14H26N4O2S/c1-5-15-8-13-11(4)16-17-14(13)21(19,20)18(10(2)3)9-12-6-7-12/h10,12,15H,5-9H2,1-4H3,(H,16,17). The summed E-state index contributed by atoms with van der Waals surface area (Å²) in [6, 6.07) is -0.0559. The zero-order chi connectivity index (χ0) is 15.6. The molecule has 0 aliphatic heterocycles. The Bertz CT molecular complexity index is 576. The smallest absolute Gasteiger partial charge is 0.262 e. The van der Waals surface area contributed by atoms with Gasteiger partial charge < -0.3 is 5.32 Å². The van der Waals surface area contributed by atoms with E-state index in [4.69, 9.17) is 0 Å². The number of hydrogen-bond acceptors (Lipinski definition) is 4. The first-order chi connectivity index (χ1) is 9.87. The molecule has 120 valence electrons. The van der Waals surface area contributed by atoms with Crippen molar-refractivity contribution in [2.45, 2.75) is 58.1 Å². The lowest BCUT2D eigenvalue weighted by molar-refractivity contribution is 0.340. The highest BCUT2D eigenvalue weighted by atomic mass is 32.2. The Kier molecular flexibility index (Phi) is 5.06. The predicted octanol–water partition coefficient (Wildman–Crippen LogP) is 1.64. The normalized spacial score (nSPS) is 16.1. The molecule has 21 heavy (non-hydrogen) atoms. The fraction of sp³-hybridized carbons (Fsp3) is 0.786. The second kappa shape index (κ2) is 6.46. The Morgan fingerprint density at radius 3 is 2.62 bits per heavy atom. The molecule has 6 nitrogen and oxygen atoms in total. The van der Waals surface area contributed by atoms with Gasteiger partial charge in [-0.1, -0.05) is 6.92 Å². The maximum Gasteiger partial charge on any atom is 0.262 e. The minimum Gasteiger partial charge on any atom is -0.313 e. The number of aryl methyl sites for hydroxylation is 1. The molecule has 7 heteroatoms. The molecule has 1 aliphatic carbocycles. The van der Waals surface area contributed by atoms with Crippen LogP contribution in [0.3, 0.4) is 0 Å². The van der Waals surface area contributed by atoms with Crippen LogP contribution >= 0.6 is 0 Å². The first-order valence-corrected chi connectivity index (χ1v) is 9.08. The highest BCUT2D eigenvalue weighted by molar-refractivity contribution is 7.89. The molecular formula is C14H26N4O2S. The summed E-state index contributed by atoms with van der Waals surface area (Å²) in [4.78, 5) is 0. The van der Waals surface area contributed by atoms with E-state index in [1.54, 1.807) is 4.31 Å². The van der Waals surface area contributed by atoms with Gasteiger partial charge in [0.15, 0.2) is 5.03 Å². The Morgan fingerprint density at radius 1 is 1.43 bits per heavy atom. The second-order valence-corrected chi connectivity index (χ2v) is 7.83. The van der Waals surface area contributed by atoms with Gasteiger partial charge in [-0.3, -0.25) is 5.10 Å². The molecular weight excluding hydrogens is 288 g/mol. The van der Waals surface area contributed by atoms with Gasteiger partial charge in [0.05, 0.1) is 0 Å². The van der Waals surface area contributed by atoms with Gasteiger partial charge >= 0.3 is 0 Å². The van der Waals surface area contributed by atoms with Crippen LogP contribution < -0.4 is 5.32 Å². The van der Waals surface area contributed by atoms with Crippen molar-refractivity contribution < 1.29 is 8.42 Å². The number of nitrogens with one attached hydrogen (secondary N) is 2. The van der Waals surface area contributed by atoms with Crippen molar-refractivity contribution in [3.63, 3.8) is 0 Å². The summed E-state index contributed by atoms with van der Waals surface area (Å²) in [5.41, 5.74) is 1.56. The summed E-state index contributed by atoms with van der Waals surface area (Å²) in [6.07, 6.45) is 2.26. The van der Waals surface area contributed by atoms with Gasteiger partial charge in [0.1, 0.15) is 0 Å². The molecule has 2 N–H and O–H groups in total. The monoisotopic (exact) mass is 314 g/mol. The molecule has 0 amide bonds. The highest BCUT2D eigenvalue weighted by Crippen LogP contribution is 2.33. The Balaban J connectivity index is 2.32. The van der Waals surface area contributed by atoms with Crippen LogP contribution in [0, 0.1) is 12.8 Å². The summed E-state index contributed by atoms with van der Waals surface area (Å²) in [6.45, 7) is 9.61. The molecule has 0 aromatic carbocycles. The summed E-state index contributed by atoms with van der Waals surface area (Å²) in [5, 5.41) is 10.3. The summed E-state index contributed by atoms with van der Waals surface area (Å²) in [7, 11) is -3.54. The van der Waals surface area contributed by atoms with E-state index >= 15 is 0 Å². The average molecular weight is 314 g/mol. The Hall–Kier alpha value is -0.920. The molecule has 1 aromatic heterocycles. The maximum absolute atomic E-state index is 13.0. The largest absolute Gasteiger partial charge is 0.313 e. The molecule has 1 aliphatic rings. The van der Waals surface area contributed by atoms with Crippen molar-refractivity contribution >= 4 is 10.0 Å². The second-order valence-electron chi connectivity index (χ2n) is 6.02. The molecule has 0 bridgehead atoms. The first kappa shape index (κ1) is 16.5.